The van der Waals surface area contributed by atoms with E-state index in [1.54, 1.807) is 11.3 Å². The number of amides is 2. The van der Waals surface area contributed by atoms with Gasteiger partial charge in [0.15, 0.2) is 0 Å². The highest BCUT2D eigenvalue weighted by Gasteiger charge is 2.28. The van der Waals surface area contributed by atoms with Crippen LogP contribution in [-0.4, -0.2) is 35.8 Å². The van der Waals surface area contributed by atoms with Crippen LogP contribution in [0.1, 0.15) is 59.8 Å². The van der Waals surface area contributed by atoms with E-state index in [-0.39, 0.29) is 11.8 Å². The molecule has 7 heteroatoms. The number of nitrogens with zero attached hydrogens (tertiary/aromatic N) is 1. The van der Waals surface area contributed by atoms with Gasteiger partial charge in [0.05, 0.1) is 5.56 Å². The van der Waals surface area contributed by atoms with Crippen molar-refractivity contribution >= 4 is 49.8 Å². The number of halogens is 1. The summed E-state index contributed by atoms with van der Waals surface area (Å²) in [7, 11) is 0. The van der Waals surface area contributed by atoms with Crippen molar-refractivity contribution in [1.82, 2.24) is 4.90 Å². The number of likely N-dealkylation sites (tertiary alicyclic amines) is 1. The number of rotatable bonds is 6. The van der Waals surface area contributed by atoms with Gasteiger partial charge in [-0.2, -0.15) is 0 Å². The van der Waals surface area contributed by atoms with E-state index in [2.05, 4.69) is 38.4 Å². The van der Waals surface area contributed by atoms with Crippen molar-refractivity contribution in [3.8, 4) is 0 Å². The minimum Gasteiger partial charge on any atom is -0.322 e. The highest BCUT2D eigenvalue weighted by Crippen LogP contribution is 2.39. The second-order valence-corrected chi connectivity index (χ2v) is 10.2. The Morgan fingerprint density at radius 2 is 1.93 bits per heavy atom. The maximum absolute atomic E-state index is 13.1. The van der Waals surface area contributed by atoms with Crippen molar-refractivity contribution in [3.63, 3.8) is 0 Å². The first-order valence-electron chi connectivity index (χ1n) is 10.8. The normalized spacial score (nSPS) is 18.8. The quantitative estimate of drug-likeness (QED) is 0.566. The Balaban J connectivity index is 1.44. The molecule has 0 spiro atoms. The predicted molar refractivity (Wildman–Crippen MR) is 127 cm³/mol. The van der Waals surface area contributed by atoms with Gasteiger partial charge in [0.2, 0.25) is 5.91 Å². The van der Waals surface area contributed by atoms with Gasteiger partial charge in [0.1, 0.15) is 5.00 Å². The van der Waals surface area contributed by atoms with Crippen LogP contribution in [0.4, 0.5) is 10.7 Å². The van der Waals surface area contributed by atoms with Gasteiger partial charge in [-0.15, -0.1) is 11.3 Å². The second kappa shape index (κ2) is 9.62. The highest BCUT2D eigenvalue weighted by molar-refractivity contribution is 9.10. The van der Waals surface area contributed by atoms with E-state index in [1.807, 2.05) is 24.3 Å². The molecule has 1 saturated heterocycles. The number of fused-ring (bicyclic) bond motifs is 1. The third-order valence-corrected chi connectivity index (χ3v) is 7.81. The minimum atomic E-state index is -0.142. The molecule has 4 rings (SSSR count). The molecule has 0 bridgehead atoms. The fraction of sp³-hybridized carbons (Fsp3) is 0.478. The van der Waals surface area contributed by atoms with E-state index < -0.39 is 0 Å². The molecule has 2 amide bonds. The first kappa shape index (κ1) is 21.5. The van der Waals surface area contributed by atoms with Crippen molar-refractivity contribution in [2.75, 3.05) is 23.7 Å². The van der Waals surface area contributed by atoms with Gasteiger partial charge < -0.3 is 15.5 Å². The molecule has 1 fully saturated rings. The molecular formula is C23H28BrN3O2S. The van der Waals surface area contributed by atoms with E-state index in [1.165, 1.54) is 24.1 Å². The van der Waals surface area contributed by atoms with Crippen LogP contribution in [0.15, 0.2) is 28.7 Å². The molecule has 0 saturated carbocycles. The smallest absolute Gasteiger partial charge is 0.258 e. The SMILES string of the molecule is CC1CCCCN1CCC(=O)Nc1sc2c(c1C(=O)Nc1ccc(Br)cc1)CCC2. The Morgan fingerprint density at radius 1 is 1.13 bits per heavy atom. The summed E-state index contributed by atoms with van der Waals surface area (Å²) in [6, 6.07) is 8.08. The van der Waals surface area contributed by atoms with Gasteiger partial charge in [-0.1, -0.05) is 22.4 Å². The van der Waals surface area contributed by atoms with E-state index in [4.69, 9.17) is 0 Å². The first-order chi connectivity index (χ1) is 14.5. The Bertz CT molecular complexity index is 925. The maximum atomic E-state index is 13.1. The van der Waals surface area contributed by atoms with Crippen LogP contribution in [0.2, 0.25) is 0 Å². The standard InChI is InChI=1S/C23H28BrN3O2S/c1-15-5-2-3-13-27(15)14-12-20(28)26-23-21(18-6-4-7-19(18)30-23)22(29)25-17-10-8-16(24)9-11-17/h8-11,15H,2-7,12-14H2,1H3,(H,25,29)(H,26,28). The van der Waals surface area contributed by atoms with Crippen LogP contribution in [0, 0.1) is 0 Å². The van der Waals surface area contributed by atoms with Crippen LogP contribution in [0.3, 0.4) is 0 Å². The van der Waals surface area contributed by atoms with Crippen LogP contribution >= 0.6 is 27.3 Å². The van der Waals surface area contributed by atoms with Crippen molar-refractivity contribution in [2.24, 2.45) is 0 Å². The lowest BCUT2D eigenvalue weighted by Crippen LogP contribution is -2.39. The maximum Gasteiger partial charge on any atom is 0.258 e. The Morgan fingerprint density at radius 3 is 2.70 bits per heavy atom. The monoisotopic (exact) mass is 489 g/mol. The first-order valence-corrected chi connectivity index (χ1v) is 12.4. The van der Waals surface area contributed by atoms with Gasteiger partial charge in [-0.3, -0.25) is 9.59 Å². The summed E-state index contributed by atoms with van der Waals surface area (Å²) in [6.07, 6.45) is 7.11. The highest BCUT2D eigenvalue weighted by atomic mass is 79.9. The van der Waals surface area contributed by atoms with Gasteiger partial charge >= 0.3 is 0 Å². The number of anilines is 2. The largest absolute Gasteiger partial charge is 0.322 e. The van der Waals surface area contributed by atoms with Gasteiger partial charge in [-0.25, -0.2) is 0 Å². The van der Waals surface area contributed by atoms with Crippen molar-refractivity contribution < 1.29 is 9.59 Å². The molecular weight excluding hydrogens is 462 g/mol. The van der Waals surface area contributed by atoms with E-state index in [9.17, 15) is 9.59 Å². The fourth-order valence-electron chi connectivity index (χ4n) is 4.38. The van der Waals surface area contributed by atoms with E-state index in [0.29, 0.717) is 23.0 Å². The summed E-state index contributed by atoms with van der Waals surface area (Å²) in [6.45, 7) is 4.09. The fourth-order valence-corrected chi connectivity index (χ4v) is 5.95. The molecule has 2 aliphatic rings. The number of carbonyl (C=O) groups is 2. The van der Waals surface area contributed by atoms with Crippen LogP contribution in [0.5, 0.6) is 0 Å². The summed E-state index contributed by atoms with van der Waals surface area (Å²) in [5, 5.41) is 6.75. The molecule has 1 unspecified atom stereocenters. The van der Waals surface area contributed by atoms with Gasteiger partial charge in [-0.05, 0) is 75.4 Å². The summed E-state index contributed by atoms with van der Waals surface area (Å²) < 4.78 is 0.966. The molecule has 1 aromatic carbocycles. The molecule has 2 N–H and O–H groups in total. The third-order valence-electron chi connectivity index (χ3n) is 6.07. The average molecular weight is 490 g/mol. The number of benzene rings is 1. The third kappa shape index (κ3) is 4.95. The van der Waals surface area contributed by atoms with Gasteiger partial charge in [0, 0.05) is 34.0 Å². The zero-order chi connectivity index (χ0) is 21.1. The average Bonchev–Trinajstić information content (AvgIpc) is 3.30. The number of nitrogens with one attached hydrogen (secondary N) is 2. The number of hydrogen-bond donors (Lipinski definition) is 2. The minimum absolute atomic E-state index is 0.00890. The lowest BCUT2D eigenvalue weighted by molar-refractivity contribution is -0.116. The van der Waals surface area contributed by atoms with Crippen LogP contribution < -0.4 is 10.6 Å². The lowest BCUT2D eigenvalue weighted by Gasteiger charge is -2.33. The zero-order valence-electron chi connectivity index (χ0n) is 17.3. The number of carbonyl (C=O) groups excluding carboxylic acids is 2. The molecule has 2 heterocycles. The van der Waals surface area contributed by atoms with E-state index in [0.717, 1.165) is 48.1 Å². The topological polar surface area (TPSA) is 61.4 Å². The van der Waals surface area contributed by atoms with Crippen LogP contribution in [-0.2, 0) is 17.6 Å². The number of aryl methyl sites for hydroxylation is 1. The molecule has 1 aliphatic heterocycles. The van der Waals surface area contributed by atoms with Crippen molar-refractivity contribution in [3.05, 3.63) is 44.7 Å². The summed E-state index contributed by atoms with van der Waals surface area (Å²) >= 11 is 4.98. The lowest BCUT2D eigenvalue weighted by atomic mass is 10.0. The van der Waals surface area contributed by atoms with E-state index >= 15 is 0 Å². The summed E-state index contributed by atoms with van der Waals surface area (Å²) in [5.74, 6) is -0.151. The molecule has 1 aromatic heterocycles. The Kier molecular flexibility index (Phi) is 6.91. The summed E-state index contributed by atoms with van der Waals surface area (Å²) in [5.41, 5.74) is 2.50. The number of thiophene rings is 1. The number of piperidine rings is 1. The Hall–Kier alpha value is -1.70. The van der Waals surface area contributed by atoms with Gasteiger partial charge in [0.25, 0.3) is 5.91 Å². The zero-order valence-corrected chi connectivity index (χ0v) is 19.7. The second-order valence-electron chi connectivity index (χ2n) is 8.20. The molecule has 1 atom stereocenters. The molecule has 1 aliphatic carbocycles. The predicted octanol–water partition coefficient (Wildman–Crippen LogP) is 5.45. The number of hydrogen-bond acceptors (Lipinski definition) is 4. The summed E-state index contributed by atoms with van der Waals surface area (Å²) in [4.78, 5) is 29.4. The van der Waals surface area contributed by atoms with Crippen LogP contribution in [0.25, 0.3) is 0 Å². The van der Waals surface area contributed by atoms with Crippen molar-refractivity contribution in [1.29, 1.82) is 0 Å². The molecule has 0 radical (unpaired) electrons. The Labute approximate surface area is 190 Å². The molecule has 2 aromatic rings. The van der Waals surface area contributed by atoms with Crippen molar-refractivity contribution in [2.45, 2.75) is 57.9 Å². The molecule has 5 nitrogen and oxygen atoms in total. The molecule has 160 valence electrons. The molecule has 30 heavy (non-hydrogen) atoms.